The summed E-state index contributed by atoms with van der Waals surface area (Å²) < 4.78 is 5.35. The maximum Gasteiger partial charge on any atom is 0.343 e. The number of carbonyl (C=O) groups excluding carboxylic acids is 3. The summed E-state index contributed by atoms with van der Waals surface area (Å²) in [4.78, 5) is 36.3. The summed E-state index contributed by atoms with van der Waals surface area (Å²) in [7, 11) is 0. The number of esters is 1. The van der Waals surface area contributed by atoms with Gasteiger partial charge in [0.05, 0.1) is 18.3 Å². The number of aryl methyl sites for hydroxylation is 1. The van der Waals surface area contributed by atoms with Crippen LogP contribution >= 0.6 is 11.6 Å². The Morgan fingerprint density at radius 3 is 2.50 bits per heavy atom. The number of halogens is 1. The second kappa shape index (κ2) is 10.9. The lowest BCUT2D eigenvalue weighted by atomic mass is 10.1. The maximum atomic E-state index is 12.2. The number of benzene rings is 3. The minimum Gasteiger partial charge on any atom is -0.423 e. The lowest BCUT2D eigenvalue weighted by Gasteiger charge is -2.06. The van der Waals surface area contributed by atoms with Gasteiger partial charge in [-0.05, 0) is 60.5 Å². The maximum absolute atomic E-state index is 12.2. The second-order valence-electron chi connectivity index (χ2n) is 6.76. The standard InChI is InChI=1S/C24H20ClN3O4/c1-16-5-2-3-8-21(16)23(30)26-15-22(29)28-27-14-17-6-4-7-20(13-17)32-24(31)18-9-11-19(25)12-10-18/h2-14H,15H2,1H3,(H,26,30)(H,28,29)/b27-14+. The lowest BCUT2D eigenvalue weighted by molar-refractivity contribution is -0.120. The predicted molar refractivity (Wildman–Crippen MR) is 122 cm³/mol. The molecule has 3 rings (SSSR count). The van der Waals surface area contributed by atoms with Crippen molar-refractivity contribution in [3.05, 3.63) is 100 Å². The van der Waals surface area contributed by atoms with Gasteiger partial charge < -0.3 is 10.1 Å². The Morgan fingerprint density at radius 2 is 1.75 bits per heavy atom. The molecule has 0 saturated carbocycles. The molecule has 0 aromatic heterocycles. The van der Waals surface area contributed by atoms with Gasteiger partial charge in [0.1, 0.15) is 5.75 Å². The quantitative estimate of drug-likeness (QED) is 0.248. The zero-order chi connectivity index (χ0) is 22.9. The number of nitrogens with one attached hydrogen (secondary N) is 2. The van der Waals surface area contributed by atoms with Gasteiger partial charge in [0.25, 0.3) is 11.8 Å². The van der Waals surface area contributed by atoms with E-state index in [2.05, 4.69) is 15.8 Å². The highest BCUT2D eigenvalue weighted by Crippen LogP contribution is 2.16. The molecular weight excluding hydrogens is 430 g/mol. The number of carbonyl (C=O) groups is 3. The van der Waals surface area contributed by atoms with Crippen LogP contribution in [0.25, 0.3) is 0 Å². The Hall–Kier alpha value is -3.97. The first-order valence-corrected chi connectivity index (χ1v) is 10.0. The van der Waals surface area contributed by atoms with Crippen molar-refractivity contribution in [2.45, 2.75) is 6.92 Å². The molecule has 162 valence electrons. The van der Waals surface area contributed by atoms with Crippen molar-refractivity contribution in [3.8, 4) is 5.75 Å². The average Bonchev–Trinajstić information content (AvgIpc) is 2.78. The molecule has 2 N–H and O–H groups in total. The van der Waals surface area contributed by atoms with Crippen LogP contribution in [-0.2, 0) is 4.79 Å². The predicted octanol–water partition coefficient (Wildman–Crippen LogP) is 3.75. The van der Waals surface area contributed by atoms with Crippen LogP contribution in [0.2, 0.25) is 5.02 Å². The molecule has 0 aliphatic heterocycles. The number of hydrogen-bond acceptors (Lipinski definition) is 5. The third-order valence-electron chi connectivity index (χ3n) is 4.35. The number of ether oxygens (including phenoxy) is 1. The third-order valence-corrected chi connectivity index (χ3v) is 4.60. The van der Waals surface area contributed by atoms with Crippen molar-refractivity contribution in [2.24, 2.45) is 5.10 Å². The minimum atomic E-state index is -0.520. The first-order chi connectivity index (χ1) is 15.4. The normalized spacial score (nSPS) is 10.6. The zero-order valence-corrected chi connectivity index (χ0v) is 17.9. The van der Waals surface area contributed by atoms with Crippen molar-refractivity contribution in [3.63, 3.8) is 0 Å². The van der Waals surface area contributed by atoms with Gasteiger partial charge >= 0.3 is 5.97 Å². The van der Waals surface area contributed by atoms with Crippen molar-refractivity contribution in [1.29, 1.82) is 0 Å². The van der Waals surface area contributed by atoms with Gasteiger partial charge in [-0.2, -0.15) is 5.10 Å². The largest absolute Gasteiger partial charge is 0.423 e. The number of nitrogens with zero attached hydrogens (tertiary/aromatic N) is 1. The zero-order valence-electron chi connectivity index (χ0n) is 17.2. The van der Waals surface area contributed by atoms with Gasteiger partial charge in [-0.15, -0.1) is 0 Å². The highest BCUT2D eigenvalue weighted by molar-refractivity contribution is 6.30. The van der Waals surface area contributed by atoms with Gasteiger partial charge in [-0.3, -0.25) is 9.59 Å². The fourth-order valence-electron chi connectivity index (χ4n) is 2.71. The second-order valence-corrected chi connectivity index (χ2v) is 7.20. The molecule has 7 nitrogen and oxygen atoms in total. The van der Waals surface area contributed by atoms with Crippen LogP contribution < -0.4 is 15.5 Å². The highest BCUT2D eigenvalue weighted by atomic mass is 35.5. The van der Waals surface area contributed by atoms with Crippen LogP contribution in [0.4, 0.5) is 0 Å². The molecule has 0 spiro atoms. The van der Waals surface area contributed by atoms with Crippen LogP contribution in [0, 0.1) is 6.92 Å². The van der Waals surface area contributed by atoms with Crippen molar-refractivity contribution < 1.29 is 19.1 Å². The summed E-state index contributed by atoms with van der Waals surface area (Å²) in [6.45, 7) is 1.60. The summed E-state index contributed by atoms with van der Waals surface area (Å²) in [6, 6.07) is 20.1. The monoisotopic (exact) mass is 449 g/mol. The van der Waals surface area contributed by atoms with Gasteiger partial charge in [-0.1, -0.05) is 41.9 Å². The number of hydrogen-bond donors (Lipinski definition) is 2. The van der Waals surface area contributed by atoms with Crippen LogP contribution in [-0.4, -0.2) is 30.5 Å². The van der Waals surface area contributed by atoms with Crippen LogP contribution in [0.15, 0.2) is 77.9 Å². The first kappa shape index (κ1) is 22.7. The van der Waals surface area contributed by atoms with E-state index in [1.807, 2.05) is 19.1 Å². The summed E-state index contributed by atoms with van der Waals surface area (Å²) in [5.74, 6) is -1.01. The molecule has 0 radical (unpaired) electrons. The first-order valence-electron chi connectivity index (χ1n) is 9.66. The third kappa shape index (κ3) is 6.52. The molecule has 2 amide bonds. The minimum absolute atomic E-state index is 0.219. The average molecular weight is 450 g/mol. The smallest absolute Gasteiger partial charge is 0.343 e. The van der Waals surface area contributed by atoms with Gasteiger partial charge in [0, 0.05) is 10.6 Å². The molecule has 3 aromatic rings. The molecule has 8 heteroatoms. The fraction of sp³-hybridized carbons (Fsp3) is 0.0833. The molecule has 0 bridgehead atoms. The summed E-state index contributed by atoms with van der Waals surface area (Å²) in [6.07, 6.45) is 1.40. The van der Waals surface area contributed by atoms with E-state index in [-0.39, 0.29) is 12.5 Å². The van der Waals surface area contributed by atoms with E-state index in [1.165, 1.54) is 6.21 Å². The van der Waals surface area contributed by atoms with Gasteiger partial charge in [-0.25, -0.2) is 10.2 Å². The molecule has 0 saturated heterocycles. The molecular formula is C24H20ClN3O4. The number of amides is 2. The highest BCUT2D eigenvalue weighted by Gasteiger charge is 2.10. The van der Waals surface area contributed by atoms with Crippen molar-refractivity contribution >= 4 is 35.6 Å². The Morgan fingerprint density at radius 1 is 1.00 bits per heavy atom. The van der Waals surface area contributed by atoms with Crippen LogP contribution in [0.3, 0.4) is 0 Å². The van der Waals surface area contributed by atoms with E-state index in [0.29, 0.717) is 27.5 Å². The number of rotatable bonds is 7. The Kier molecular flexibility index (Phi) is 7.72. The van der Waals surface area contributed by atoms with Crippen LogP contribution in [0.1, 0.15) is 31.8 Å². The molecule has 0 aliphatic carbocycles. The Labute approximate surface area is 190 Å². The lowest BCUT2D eigenvalue weighted by Crippen LogP contribution is -2.35. The Balaban J connectivity index is 1.50. The van der Waals surface area contributed by atoms with Crippen molar-refractivity contribution in [1.82, 2.24) is 10.7 Å². The van der Waals surface area contributed by atoms with E-state index < -0.39 is 11.9 Å². The fourth-order valence-corrected chi connectivity index (χ4v) is 2.84. The SMILES string of the molecule is Cc1ccccc1C(=O)NCC(=O)N/N=C/c1cccc(OC(=O)c2ccc(Cl)cc2)c1. The molecule has 0 unspecified atom stereocenters. The number of hydrazone groups is 1. The van der Waals surface area contributed by atoms with E-state index in [4.69, 9.17) is 16.3 Å². The molecule has 0 aliphatic rings. The van der Waals surface area contributed by atoms with E-state index >= 15 is 0 Å². The van der Waals surface area contributed by atoms with E-state index in [1.54, 1.807) is 60.7 Å². The van der Waals surface area contributed by atoms with Crippen LogP contribution in [0.5, 0.6) is 5.75 Å². The summed E-state index contributed by atoms with van der Waals surface area (Å²) >= 11 is 5.82. The summed E-state index contributed by atoms with van der Waals surface area (Å²) in [5, 5.41) is 6.94. The molecule has 32 heavy (non-hydrogen) atoms. The van der Waals surface area contributed by atoms with Crippen molar-refractivity contribution in [2.75, 3.05) is 6.54 Å². The van der Waals surface area contributed by atoms with Gasteiger partial charge in [0.15, 0.2) is 0 Å². The topological polar surface area (TPSA) is 96.9 Å². The summed E-state index contributed by atoms with van der Waals surface area (Å²) in [5.41, 5.74) is 4.64. The molecule has 0 atom stereocenters. The van der Waals surface area contributed by atoms with E-state index in [9.17, 15) is 14.4 Å². The van der Waals surface area contributed by atoms with E-state index in [0.717, 1.165) is 5.56 Å². The molecule has 0 fully saturated rings. The molecule has 0 heterocycles. The van der Waals surface area contributed by atoms with Gasteiger partial charge in [0.2, 0.25) is 0 Å². The molecule has 3 aromatic carbocycles. The Bertz CT molecular complexity index is 1160.